The molecule has 20 heavy (non-hydrogen) atoms. The average molecular weight is 299 g/mol. The van der Waals surface area contributed by atoms with Gasteiger partial charge in [0.1, 0.15) is 11.5 Å². The second-order valence-electron chi connectivity index (χ2n) is 5.23. The molecule has 0 amide bonds. The van der Waals surface area contributed by atoms with Crippen molar-refractivity contribution in [2.24, 2.45) is 0 Å². The van der Waals surface area contributed by atoms with Crippen molar-refractivity contribution < 1.29 is 22.5 Å². The standard InChI is InChI=1S/C14H20O5S/c1-9(2)11-6-5-7-12(10(3)4)14(11)19-20(17,18)8-13(15)16/h5-7,9-10H,8H2,1-4H3,(H,15,16)/p-1. The minimum Gasteiger partial charge on any atom is -0.549 e. The zero-order valence-corrected chi connectivity index (χ0v) is 12.9. The van der Waals surface area contributed by atoms with E-state index in [0.29, 0.717) is 0 Å². The van der Waals surface area contributed by atoms with E-state index in [-0.39, 0.29) is 17.6 Å². The average Bonchev–Trinajstić information content (AvgIpc) is 2.25. The lowest BCUT2D eigenvalue weighted by molar-refractivity contribution is -0.301. The molecule has 0 saturated heterocycles. The van der Waals surface area contributed by atoms with Gasteiger partial charge < -0.3 is 14.1 Å². The summed E-state index contributed by atoms with van der Waals surface area (Å²) in [6.07, 6.45) is 0. The van der Waals surface area contributed by atoms with E-state index in [9.17, 15) is 18.3 Å². The van der Waals surface area contributed by atoms with Gasteiger partial charge in [0.15, 0.2) is 0 Å². The van der Waals surface area contributed by atoms with Gasteiger partial charge in [0, 0.05) is 0 Å². The van der Waals surface area contributed by atoms with Gasteiger partial charge in [-0.3, -0.25) is 0 Å². The molecule has 1 aromatic carbocycles. The highest BCUT2D eigenvalue weighted by Crippen LogP contribution is 2.35. The van der Waals surface area contributed by atoms with E-state index in [4.69, 9.17) is 4.18 Å². The van der Waals surface area contributed by atoms with Gasteiger partial charge in [-0.25, -0.2) is 0 Å². The van der Waals surface area contributed by atoms with Crippen molar-refractivity contribution in [3.63, 3.8) is 0 Å². The molecular weight excluding hydrogens is 280 g/mol. The minimum absolute atomic E-state index is 0.0573. The van der Waals surface area contributed by atoms with Gasteiger partial charge in [-0.15, -0.1) is 0 Å². The van der Waals surface area contributed by atoms with E-state index in [1.807, 2.05) is 33.8 Å². The highest BCUT2D eigenvalue weighted by molar-refractivity contribution is 7.87. The van der Waals surface area contributed by atoms with Gasteiger partial charge in [0.2, 0.25) is 0 Å². The molecular formula is C14H19O5S-. The fourth-order valence-electron chi connectivity index (χ4n) is 1.88. The maximum atomic E-state index is 11.7. The molecule has 0 spiro atoms. The number of carboxylic acid groups (broad SMARTS) is 1. The first-order chi connectivity index (χ1) is 9.14. The molecule has 0 aliphatic heterocycles. The minimum atomic E-state index is -4.21. The van der Waals surface area contributed by atoms with Gasteiger partial charge in [-0.1, -0.05) is 45.9 Å². The van der Waals surface area contributed by atoms with E-state index in [0.717, 1.165) is 11.1 Å². The van der Waals surface area contributed by atoms with Crippen LogP contribution in [0.2, 0.25) is 0 Å². The largest absolute Gasteiger partial charge is 0.549 e. The highest BCUT2D eigenvalue weighted by Gasteiger charge is 2.21. The molecule has 0 fully saturated rings. The Kier molecular flexibility index (Phi) is 5.16. The van der Waals surface area contributed by atoms with Crippen molar-refractivity contribution in [1.82, 2.24) is 0 Å². The summed E-state index contributed by atoms with van der Waals surface area (Å²) in [4.78, 5) is 10.5. The van der Waals surface area contributed by atoms with E-state index in [1.165, 1.54) is 0 Å². The van der Waals surface area contributed by atoms with Gasteiger partial charge in [0.25, 0.3) is 0 Å². The van der Waals surface area contributed by atoms with E-state index in [1.54, 1.807) is 12.1 Å². The third-order valence-electron chi connectivity index (χ3n) is 2.82. The molecule has 1 rings (SSSR count). The van der Waals surface area contributed by atoms with Crippen LogP contribution < -0.4 is 9.29 Å². The first-order valence-corrected chi connectivity index (χ1v) is 7.96. The van der Waals surface area contributed by atoms with Crippen molar-refractivity contribution in [2.75, 3.05) is 5.75 Å². The molecule has 5 nitrogen and oxygen atoms in total. The number of hydrogen-bond donors (Lipinski definition) is 0. The molecule has 0 aliphatic carbocycles. The summed E-state index contributed by atoms with van der Waals surface area (Å²) in [5.74, 6) is -2.49. The van der Waals surface area contributed by atoms with Crippen molar-refractivity contribution in [3.8, 4) is 5.75 Å². The molecule has 0 unspecified atom stereocenters. The summed E-state index contributed by atoms with van der Waals surface area (Å²) in [6, 6.07) is 5.39. The molecule has 1 aromatic rings. The van der Waals surface area contributed by atoms with E-state index >= 15 is 0 Å². The second kappa shape index (κ2) is 6.26. The summed E-state index contributed by atoms with van der Waals surface area (Å²) in [5, 5.41) is 10.5. The van der Waals surface area contributed by atoms with Crippen LogP contribution in [0.15, 0.2) is 18.2 Å². The van der Waals surface area contributed by atoms with Crippen LogP contribution in [0, 0.1) is 0 Å². The number of para-hydroxylation sites is 1. The number of carbonyl (C=O) groups excluding carboxylic acids is 1. The molecule has 0 aromatic heterocycles. The Balaban J connectivity index is 3.31. The third kappa shape index (κ3) is 4.23. The van der Waals surface area contributed by atoms with Crippen molar-refractivity contribution >= 4 is 16.1 Å². The van der Waals surface area contributed by atoms with Crippen molar-refractivity contribution in [2.45, 2.75) is 39.5 Å². The van der Waals surface area contributed by atoms with Gasteiger partial charge in [-0.2, -0.15) is 8.42 Å². The number of aliphatic carboxylic acids is 1. The number of benzene rings is 1. The van der Waals surface area contributed by atoms with Gasteiger partial charge >= 0.3 is 10.1 Å². The van der Waals surface area contributed by atoms with Crippen LogP contribution in [0.1, 0.15) is 50.7 Å². The molecule has 0 N–H and O–H groups in total. The normalized spacial score (nSPS) is 11.9. The maximum Gasteiger partial charge on any atom is 0.314 e. The molecule has 0 saturated carbocycles. The van der Waals surface area contributed by atoms with Crippen LogP contribution in [0.5, 0.6) is 5.75 Å². The van der Waals surface area contributed by atoms with Crippen molar-refractivity contribution in [1.29, 1.82) is 0 Å². The fraction of sp³-hybridized carbons (Fsp3) is 0.500. The summed E-state index contributed by atoms with van der Waals surface area (Å²) < 4.78 is 28.5. The fourth-order valence-corrected chi connectivity index (χ4v) is 2.67. The summed E-state index contributed by atoms with van der Waals surface area (Å²) in [6.45, 7) is 7.66. The Morgan fingerprint density at radius 1 is 1.15 bits per heavy atom. The first kappa shape index (κ1) is 16.5. The number of rotatable bonds is 6. The topological polar surface area (TPSA) is 83.5 Å². The lowest BCUT2D eigenvalue weighted by Gasteiger charge is -2.19. The smallest absolute Gasteiger partial charge is 0.314 e. The SMILES string of the molecule is CC(C)c1cccc(C(C)C)c1OS(=O)(=O)CC(=O)[O-]. The van der Waals surface area contributed by atoms with Crippen LogP contribution in [-0.4, -0.2) is 20.1 Å². The maximum absolute atomic E-state index is 11.7. The third-order valence-corrected chi connectivity index (χ3v) is 3.83. The number of carboxylic acids is 1. The van der Waals surface area contributed by atoms with Crippen LogP contribution in [0.3, 0.4) is 0 Å². The molecule has 0 heterocycles. The van der Waals surface area contributed by atoms with Crippen LogP contribution in [0.4, 0.5) is 0 Å². The Bertz CT molecular complexity index is 561. The molecule has 0 bridgehead atoms. The predicted octanol–water partition coefficient (Wildman–Crippen LogP) is 1.39. The molecule has 0 atom stereocenters. The summed E-state index contributed by atoms with van der Waals surface area (Å²) in [7, 11) is -4.21. The Morgan fingerprint density at radius 3 is 1.95 bits per heavy atom. The first-order valence-electron chi connectivity index (χ1n) is 6.39. The van der Waals surface area contributed by atoms with Crippen LogP contribution in [-0.2, 0) is 14.9 Å². The lowest BCUT2D eigenvalue weighted by atomic mass is 9.94. The lowest BCUT2D eigenvalue weighted by Crippen LogP contribution is -2.32. The summed E-state index contributed by atoms with van der Waals surface area (Å²) in [5.41, 5.74) is 1.47. The quantitative estimate of drug-likeness (QED) is 0.741. The van der Waals surface area contributed by atoms with Crippen LogP contribution >= 0.6 is 0 Å². The van der Waals surface area contributed by atoms with Gasteiger partial charge in [0.05, 0.1) is 5.97 Å². The number of hydrogen-bond acceptors (Lipinski definition) is 5. The Morgan fingerprint density at radius 2 is 1.60 bits per heavy atom. The van der Waals surface area contributed by atoms with Gasteiger partial charge in [-0.05, 0) is 23.0 Å². The van der Waals surface area contributed by atoms with Crippen molar-refractivity contribution in [3.05, 3.63) is 29.3 Å². The highest BCUT2D eigenvalue weighted by atomic mass is 32.2. The zero-order chi connectivity index (χ0) is 15.5. The summed E-state index contributed by atoms with van der Waals surface area (Å²) >= 11 is 0. The Labute approximate surface area is 119 Å². The molecule has 6 heteroatoms. The Hall–Kier alpha value is -1.56. The van der Waals surface area contributed by atoms with Crippen LogP contribution in [0.25, 0.3) is 0 Å². The molecule has 112 valence electrons. The number of carbonyl (C=O) groups is 1. The molecule has 0 aliphatic rings. The zero-order valence-electron chi connectivity index (χ0n) is 12.0. The van der Waals surface area contributed by atoms with E-state index in [2.05, 4.69) is 0 Å². The van der Waals surface area contributed by atoms with E-state index < -0.39 is 21.8 Å². The second-order valence-corrected chi connectivity index (χ2v) is 6.80. The predicted molar refractivity (Wildman–Crippen MR) is 74.0 cm³/mol. The monoisotopic (exact) mass is 299 g/mol. The molecule has 0 radical (unpaired) electrons.